The number of amides is 1. The van der Waals surface area contributed by atoms with Gasteiger partial charge in [0.2, 0.25) is 0 Å². The summed E-state index contributed by atoms with van der Waals surface area (Å²) in [4.78, 5) is 11.7. The third-order valence-corrected chi connectivity index (χ3v) is 3.19. The highest BCUT2D eigenvalue weighted by atomic mass is 19.1. The smallest absolute Gasteiger partial charge is 0.251 e. The molecule has 0 saturated heterocycles. The van der Waals surface area contributed by atoms with Crippen LogP contribution < -0.4 is 5.32 Å². The average Bonchev–Trinajstić information content (AvgIpc) is 2.70. The molecular formula is C13H15F2NO2. The highest BCUT2D eigenvalue weighted by Gasteiger charge is 2.23. The zero-order chi connectivity index (χ0) is 13.1. The minimum absolute atomic E-state index is 0.0222. The Morgan fingerprint density at radius 1 is 1.28 bits per heavy atom. The molecule has 0 heterocycles. The molecule has 5 heteroatoms. The molecular weight excluding hydrogens is 240 g/mol. The number of halogens is 2. The predicted octanol–water partition coefficient (Wildman–Crippen LogP) is 1.86. The second-order valence-corrected chi connectivity index (χ2v) is 4.70. The van der Waals surface area contributed by atoms with Gasteiger partial charge in [-0.25, -0.2) is 8.78 Å². The van der Waals surface area contributed by atoms with Gasteiger partial charge in [-0.3, -0.25) is 4.79 Å². The Hall–Kier alpha value is -1.49. The Morgan fingerprint density at radius 2 is 1.94 bits per heavy atom. The molecule has 1 aromatic carbocycles. The van der Waals surface area contributed by atoms with Crippen LogP contribution in [0.25, 0.3) is 0 Å². The lowest BCUT2D eigenvalue weighted by molar-refractivity contribution is 0.0944. The van der Waals surface area contributed by atoms with Crippen molar-refractivity contribution in [2.45, 2.75) is 25.4 Å². The maximum absolute atomic E-state index is 12.9. The Labute approximate surface area is 104 Å². The van der Waals surface area contributed by atoms with Crippen molar-refractivity contribution >= 4 is 5.91 Å². The first-order valence-corrected chi connectivity index (χ1v) is 5.97. The molecule has 2 N–H and O–H groups in total. The number of carbonyl (C=O) groups is 1. The summed E-state index contributed by atoms with van der Waals surface area (Å²) >= 11 is 0. The van der Waals surface area contributed by atoms with Crippen molar-refractivity contribution in [1.29, 1.82) is 0 Å². The predicted molar refractivity (Wildman–Crippen MR) is 62.0 cm³/mol. The molecule has 1 amide bonds. The maximum Gasteiger partial charge on any atom is 0.251 e. The van der Waals surface area contributed by atoms with Crippen molar-refractivity contribution in [3.8, 4) is 0 Å². The monoisotopic (exact) mass is 255 g/mol. The first kappa shape index (κ1) is 13.0. The molecule has 1 fully saturated rings. The lowest BCUT2D eigenvalue weighted by atomic mass is 10.1. The van der Waals surface area contributed by atoms with Gasteiger partial charge in [-0.1, -0.05) is 0 Å². The first-order chi connectivity index (χ1) is 8.54. The van der Waals surface area contributed by atoms with E-state index in [1.807, 2.05) is 0 Å². The molecule has 2 atom stereocenters. The van der Waals surface area contributed by atoms with Crippen LogP contribution in [0, 0.1) is 17.6 Å². The van der Waals surface area contributed by atoms with Crippen molar-refractivity contribution in [2.75, 3.05) is 6.54 Å². The van der Waals surface area contributed by atoms with Crippen molar-refractivity contribution < 1.29 is 18.7 Å². The van der Waals surface area contributed by atoms with Crippen LogP contribution in [0.15, 0.2) is 18.2 Å². The van der Waals surface area contributed by atoms with Crippen LogP contribution in [-0.4, -0.2) is 23.7 Å². The quantitative estimate of drug-likeness (QED) is 0.866. The summed E-state index contributed by atoms with van der Waals surface area (Å²) in [6.07, 6.45) is 1.98. The molecule has 0 aromatic heterocycles. The van der Waals surface area contributed by atoms with Gasteiger partial charge in [0, 0.05) is 18.2 Å². The summed E-state index contributed by atoms with van der Waals surface area (Å²) in [7, 11) is 0. The molecule has 2 rings (SSSR count). The van der Waals surface area contributed by atoms with E-state index in [0.717, 1.165) is 31.0 Å². The number of hydrogen-bond donors (Lipinski definition) is 2. The Kier molecular flexibility index (Phi) is 3.91. The molecule has 3 nitrogen and oxygen atoms in total. The third kappa shape index (κ3) is 3.26. The van der Waals surface area contributed by atoms with Crippen LogP contribution in [0.2, 0.25) is 0 Å². The number of aliphatic hydroxyl groups is 1. The molecule has 2 unspecified atom stereocenters. The van der Waals surface area contributed by atoms with Gasteiger partial charge in [0.05, 0.1) is 6.10 Å². The van der Waals surface area contributed by atoms with Gasteiger partial charge >= 0.3 is 0 Å². The van der Waals surface area contributed by atoms with E-state index in [-0.39, 0.29) is 17.6 Å². The molecule has 1 aliphatic rings. The van der Waals surface area contributed by atoms with Crippen molar-refractivity contribution in [2.24, 2.45) is 5.92 Å². The summed E-state index contributed by atoms with van der Waals surface area (Å²) < 4.78 is 25.9. The summed E-state index contributed by atoms with van der Waals surface area (Å²) in [6.45, 7) is 0.425. The van der Waals surface area contributed by atoms with E-state index in [1.165, 1.54) is 0 Å². The standard InChI is InChI=1S/C13H15F2NO2/c14-10-4-9(5-11(15)6-10)13(18)16-7-8-1-2-12(17)3-8/h4-6,8,12,17H,1-3,7H2,(H,16,18). The van der Waals surface area contributed by atoms with Gasteiger partial charge in [-0.2, -0.15) is 0 Å². The minimum Gasteiger partial charge on any atom is -0.393 e. The normalized spacial score (nSPS) is 23.1. The Morgan fingerprint density at radius 3 is 2.50 bits per heavy atom. The van der Waals surface area contributed by atoms with E-state index in [2.05, 4.69) is 5.32 Å². The molecule has 98 valence electrons. The second-order valence-electron chi connectivity index (χ2n) is 4.70. The summed E-state index contributed by atoms with van der Waals surface area (Å²) in [5.74, 6) is -1.79. The molecule has 0 spiro atoms. The highest BCUT2D eigenvalue weighted by Crippen LogP contribution is 2.24. The Balaban J connectivity index is 1.91. The summed E-state index contributed by atoms with van der Waals surface area (Å²) in [5.41, 5.74) is -0.0222. The number of aliphatic hydroxyl groups excluding tert-OH is 1. The van der Waals surface area contributed by atoms with Gasteiger partial charge in [-0.15, -0.1) is 0 Å². The van der Waals surface area contributed by atoms with E-state index in [1.54, 1.807) is 0 Å². The van der Waals surface area contributed by atoms with Crippen LogP contribution in [-0.2, 0) is 0 Å². The van der Waals surface area contributed by atoms with Crippen molar-refractivity contribution in [3.05, 3.63) is 35.4 Å². The van der Waals surface area contributed by atoms with E-state index < -0.39 is 17.5 Å². The molecule has 0 bridgehead atoms. The van der Waals surface area contributed by atoms with Crippen LogP contribution in [0.4, 0.5) is 8.78 Å². The van der Waals surface area contributed by atoms with E-state index in [9.17, 15) is 18.7 Å². The summed E-state index contributed by atoms with van der Waals surface area (Å²) in [6, 6.07) is 2.73. The topological polar surface area (TPSA) is 49.3 Å². The van der Waals surface area contributed by atoms with Gasteiger partial charge < -0.3 is 10.4 Å². The third-order valence-electron chi connectivity index (χ3n) is 3.19. The highest BCUT2D eigenvalue weighted by molar-refractivity contribution is 5.94. The molecule has 0 radical (unpaired) electrons. The van der Waals surface area contributed by atoms with E-state index in [4.69, 9.17) is 0 Å². The number of nitrogens with one attached hydrogen (secondary N) is 1. The molecule has 1 saturated carbocycles. The SMILES string of the molecule is O=C(NCC1CCC(O)C1)c1cc(F)cc(F)c1. The minimum atomic E-state index is -0.767. The fourth-order valence-electron chi connectivity index (χ4n) is 2.26. The first-order valence-electron chi connectivity index (χ1n) is 5.97. The molecule has 0 aliphatic heterocycles. The maximum atomic E-state index is 12.9. The largest absolute Gasteiger partial charge is 0.393 e. The van der Waals surface area contributed by atoms with E-state index in [0.29, 0.717) is 13.0 Å². The van der Waals surface area contributed by atoms with Crippen molar-refractivity contribution in [3.63, 3.8) is 0 Å². The van der Waals surface area contributed by atoms with Gasteiger partial charge in [-0.05, 0) is 37.3 Å². The lowest BCUT2D eigenvalue weighted by Crippen LogP contribution is -2.28. The van der Waals surface area contributed by atoms with Crippen LogP contribution in [0.1, 0.15) is 29.6 Å². The average molecular weight is 255 g/mol. The number of hydrogen-bond acceptors (Lipinski definition) is 2. The fourth-order valence-corrected chi connectivity index (χ4v) is 2.26. The number of rotatable bonds is 3. The fraction of sp³-hybridized carbons (Fsp3) is 0.462. The van der Waals surface area contributed by atoms with Gasteiger partial charge in [0.15, 0.2) is 0 Å². The number of benzene rings is 1. The second kappa shape index (κ2) is 5.44. The lowest BCUT2D eigenvalue weighted by Gasteiger charge is -2.11. The van der Waals surface area contributed by atoms with Gasteiger partial charge in [0.1, 0.15) is 11.6 Å². The van der Waals surface area contributed by atoms with Crippen LogP contribution >= 0.6 is 0 Å². The van der Waals surface area contributed by atoms with Crippen LogP contribution in [0.5, 0.6) is 0 Å². The van der Waals surface area contributed by atoms with Crippen LogP contribution in [0.3, 0.4) is 0 Å². The molecule has 18 heavy (non-hydrogen) atoms. The zero-order valence-corrected chi connectivity index (χ0v) is 9.83. The molecule has 1 aromatic rings. The summed E-state index contributed by atoms with van der Waals surface area (Å²) in [5, 5.41) is 12.0. The number of carbonyl (C=O) groups excluding carboxylic acids is 1. The zero-order valence-electron chi connectivity index (χ0n) is 9.83. The molecule has 1 aliphatic carbocycles. The Bertz CT molecular complexity index is 430. The van der Waals surface area contributed by atoms with Gasteiger partial charge in [0.25, 0.3) is 5.91 Å². The van der Waals surface area contributed by atoms with E-state index >= 15 is 0 Å². The van der Waals surface area contributed by atoms with Crippen molar-refractivity contribution in [1.82, 2.24) is 5.32 Å².